The molecule has 1 heterocycles. The predicted molar refractivity (Wildman–Crippen MR) is 161 cm³/mol. The molecule has 42 heavy (non-hydrogen) atoms. The van der Waals surface area contributed by atoms with Crippen molar-refractivity contribution in [1.29, 1.82) is 0 Å². The first-order chi connectivity index (χ1) is 20.3. The number of aliphatic hydroxyl groups is 1. The van der Waals surface area contributed by atoms with E-state index in [1.54, 1.807) is 0 Å². The molecule has 1 aromatic heterocycles. The molecule has 1 aliphatic rings. The van der Waals surface area contributed by atoms with Gasteiger partial charge in [0, 0.05) is 11.0 Å². The first-order valence-electron chi connectivity index (χ1n) is 14.8. The number of aromatic nitrogens is 2. The normalized spacial score (nSPS) is 15.9. The minimum Gasteiger partial charge on any atom is -0.475 e. The molecule has 0 bridgehead atoms. The van der Waals surface area contributed by atoms with Crippen LogP contribution in [-0.2, 0) is 9.53 Å². The van der Waals surface area contributed by atoms with E-state index in [2.05, 4.69) is 20.8 Å². The van der Waals surface area contributed by atoms with E-state index in [-0.39, 0.29) is 18.1 Å². The maximum atomic E-state index is 12.9. The Hall–Kier alpha value is -3.98. The Kier molecular flexibility index (Phi) is 10.9. The minimum absolute atomic E-state index is 0.159. The van der Waals surface area contributed by atoms with Crippen molar-refractivity contribution in [2.45, 2.75) is 77.5 Å². The number of carbonyl (C=O) groups excluding carboxylic acids is 2. The molecule has 0 spiro atoms. The van der Waals surface area contributed by atoms with Gasteiger partial charge in [-0.25, -0.2) is 4.79 Å². The Labute approximate surface area is 248 Å². The lowest BCUT2D eigenvalue weighted by molar-refractivity contribution is -0.131. The third kappa shape index (κ3) is 8.28. The van der Waals surface area contributed by atoms with Crippen LogP contribution in [0.4, 0.5) is 4.79 Å². The van der Waals surface area contributed by atoms with Gasteiger partial charge >= 0.3 is 6.09 Å². The number of aliphatic hydroxyl groups excluding tert-OH is 1. The van der Waals surface area contributed by atoms with Gasteiger partial charge in [0.25, 0.3) is 5.91 Å². The van der Waals surface area contributed by atoms with Crippen LogP contribution in [0, 0.1) is 12.3 Å². The summed E-state index contributed by atoms with van der Waals surface area (Å²) in [4.78, 5) is 25.8. The standard InChI is InChI=1S/C33H42N4O5/c1-4-5-17-28(29(38)30(39)34-24(3)25-13-8-6-9-14-25)35-32(40)42-22-33(18-12-19-33)21-41-31-27(20-23(2)36-37-31)26-15-10-7-11-16-26/h6-11,13-16,20,24,28-29,38H,4-5,12,17-19,21-22H2,1-3H3,(H,34,39)(H,35,40)/t24-,28+,29?/m1/s1. The van der Waals surface area contributed by atoms with Crippen molar-refractivity contribution in [2.24, 2.45) is 5.41 Å². The number of hydrogen-bond acceptors (Lipinski definition) is 7. The number of aryl methyl sites for hydroxylation is 1. The third-order valence-corrected chi connectivity index (χ3v) is 7.89. The fourth-order valence-electron chi connectivity index (χ4n) is 5.09. The molecule has 3 N–H and O–H groups in total. The molecule has 0 radical (unpaired) electrons. The fraction of sp³-hybridized carbons (Fsp3) is 0.455. The number of hydrogen-bond donors (Lipinski definition) is 3. The summed E-state index contributed by atoms with van der Waals surface area (Å²) in [6.45, 7) is 6.25. The minimum atomic E-state index is -1.41. The molecule has 1 saturated carbocycles. The van der Waals surface area contributed by atoms with E-state index in [9.17, 15) is 14.7 Å². The van der Waals surface area contributed by atoms with Crippen LogP contribution in [0.15, 0.2) is 66.7 Å². The molecule has 1 unspecified atom stereocenters. The topological polar surface area (TPSA) is 123 Å². The van der Waals surface area contributed by atoms with E-state index in [1.165, 1.54) is 0 Å². The van der Waals surface area contributed by atoms with Crippen molar-refractivity contribution in [2.75, 3.05) is 13.2 Å². The Morgan fingerprint density at radius 3 is 2.33 bits per heavy atom. The highest BCUT2D eigenvalue weighted by Gasteiger charge is 2.40. The SMILES string of the molecule is CCCC[C@H](NC(=O)OCC1(COc2nnc(C)cc2-c2ccccc2)CCC1)C(O)C(=O)N[C@H](C)c1ccccc1. The Morgan fingerprint density at radius 2 is 1.69 bits per heavy atom. The number of nitrogens with one attached hydrogen (secondary N) is 2. The number of ether oxygens (including phenoxy) is 2. The second kappa shape index (κ2) is 14.8. The lowest BCUT2D eigenvalue weighted by Gasteiger charge is -2.40. The zero-order chi connectivity index (χ0) is 30.0. The predicted octanol–water partition coefficient (Wildman–Crippen LogP) is 5.52. The number of alkyl carbamates (subject to hydrolysis) is 1. The zero-order valence-corrected chi connectivity index (χ0v) is 24.7. The summed E-state index contributed by atoms with van der Waals surface area (Å²) < 4.78 is 11.8. The van der Waals surface area contributed by atoms with E-state index in [0.717, 1.165) is 54.5 Å². The second-order valence-electron chi connectivity index (χ2n) is 11.3. The van der Waals surface area contributed by atoms with E-state index in [1.807, 2.05) is 87.5 Å². The van der Waals surface area contributed by atoms with E-state index in [0.29, 0.717) is 18.9 Å². The lowest BCUT2D eigenvalue weighted by Crippen LogP contribution is -2.51. The highest BCUT2D eigenvalue weighted by molar-refractivity contribution is 5.82. The maximum Gasteiger partial charge on any atom is 0.407 e. The Balaban J connectivity index is 1.34. The van der Waals surface area contributed by atoms with Gasteiger partial charge in [-0.3, -0.25) is 4.79 Å². The molecule has 3 aromatic rings. The highest BCUT2D eigenvalue weighted by atomic mass is 16.6. The molecular formula is C33H42N4O5. The lowest BCUT2D eigenvalue weighted by atomic mass is 9.70. The van der Waals surface area contributed by atoms with Gasteiger partial charge in [-0.05, 0) is 50.3 Å². The van der Waals surface area contributed by atoms with Crippen molar-refractivity contribution >= 4 is 12.0 Å². The van der Waals surface area contributed by atoms with Crippen molar-refractivity contribution in [3.05, 3.63) is 78.0 Å². The van der Waals surface area contributed by atoms with E-state index in [4.69, 9.17) is 9.47 Å². The van der Waals surface area contributed by atoms with Gasteiger partial charge in [-0.15, -0.1) is 5.10 Å². The number of nitrogens with zero attached hydrogens (tertiary/aromatic N) is 2. The quantitative estimate of drug-likeness (QED) is 0.232. The largest absolute Gasteiger partial charge is 0.475 e. The zero-order valence-electron chi connectivity index (χ0n) is 24.7. The van der Waals surface area contributed by atoms with Gasteiger partial charge in [0.2, 0.25) is 5.88 Å². The van der Waals surface area contributed by atoms with Crippen LogP contribution < -0.4 is 15.4 Å². The fourth-order valence-corrected chi connectivity index (χ4v) is 5.09. The maximum absolute atomic E-state index is 12.9. The molecule has 224 valence electrons. The molecule has 0 aliphatic heterocycles. The van der Waals surface area contributed by atoms with Gasteiger partial charge in [0.1, 0.15) is 6.61 Å². The number of unbranched alkanes of at least 4 members (excludes halogenated alkanes) is 1. The van der Waals surface area contributed by atoms with Crippen LogP contribution in [0.1, 0.15) is 69.7 Å². The van der Waals surface area contributed by atoms with Crippen LogP contribution >= 0.6 is 0 Å². The Morgan fingerprint density at radius 1 is 1.00 bits per heavy atom. The summed E-state index contributed by atoms with van der Waals surface area (Å²) in [5.74, 6) is -0.0916. The summed E-state index contributed by atoms with van der Waals surface area (Å²) in [6.07, 6.45) is 2.68. The summed E-state index contributed by atoms with van der Waals surface area (Å²) in [6, 6.07) is 20.3. The summed E-state index contributed by atoms with van der Waals surface area (Å²) >= 11 is 0. The molecule has 1 aliphatic carbocycles. The Bertz CT molecular complexity index is 1300. The molecule has 0 saturated heterocycles. The number of amides is 2. The number of rotatable bonds is 14. The van der Waals surface area contributed by atoms with Gasteiger partial charge < -0.3 is 25.2 Å². The first kappa shape index (κ1) is 31.0. The molecule has 4 rings (SSSR count). The molecule has 9 nitrogen and oxygen atoms in total. The van der Waals surface area contributed by atoms with Crippen LogP contribution in [0.25, 0.3) is 11.1 Å². The summed E-state index contributed by atoms with van der Waals surface area (Å²) in [7, 11) is 0. The van der Waals surface area contributed by atoms with Crippen LogP contribution in [-0.4, -0.2) is 52.7 Å². The smallest absolute Gasteiger partial charge is 0.407 e. The average molecular weight is 575 g/mol. The molecule has 1 fully saturated rings. The van der Waals surface area contributed by atoms with Gasteiger partial charge in [0.05, 0.1) is 24.4 Å². The van der Waals surface area contributed by atoms with Crippen LogP contribution in [0.5, 0.6) is 5.88 Å². The molecule has 3 atom stereocenters. The van der Waals surface area contributed by atoms with Gasteiger partial charge in [-0.1, -0.05) is 86.8 Å². The highest BCUT2D eigenvalue weighted by Crippen LogP contribution is 2.42. The first-order valence-corrected chi connectivity index (χ1v) is 14.8. The number of benzene rings is 2. The summed E-state index contributed by atoms with van der Waals surface area (Å²) in [5.41, 5.74) is 3.24. The van der Waals surface area contributed by atoms with Crippen molar-refractivity contribution < 1.29 is 24.2 Å². The van der Waals surface area contributed by atoms with Crippen LogP contribution in [0.2, 0.25) is 0 Å². The molecule has 9 heteroatoms. The average Bonchev–Trinajstić information content (AvgIpc) is 2.99. The second-order valence-corrected chi connectivity index (χ2v) is 11.3. The van der Waals surface area contributed by atoms with E-state index >= 15 is 0 Å². The van der Waals surface area contributed by atoms with Gasteiger partial charge in [0.15, 0.2) is 6.10 Å². The third-order valence-electron chi connectivity index (χ3n) is 7.89. The summed E-state index contributed by atoms with van der Waals surface area (Å²) in [5, 5.41) is 24.9. The van der Waals surface area contributed by atoms with Crippen molar-refractivity contribution in [3.8, 4) is 17.0 Å². The monoisotopic (exact) mass is 574 g/mol. The van der Waals surface area contributed by atoms with Crippen LogP contribution in [0.3, 0.4) is 0 Å². The molecule has 2 amide bonds. The van der Waals surface area contributed by atoms with Crippen molar-refractivity contribution in [1.82, 2.24) is 20.8 Å². The number of carbonyl (C=O) groups is 2. The van der Waals surface area contributed by atoms with Crippen molar-refractivity contribution in [3.63, 3.8) is 0 Å². The van der Waals surface area contributed by atoms with E-state index < -0.39 is 24.1 Å². The molecule has 2 aromatic carbocycles. The van der Waals surface area contributed by atoms with Gasteiger partial charge in [-0.2, -0.15) is 5.10 Å². The molecular weight excluding hydrogens is 532 g/mol.